The van der Waals surface area contributed by atoms with Crippen molar-refractivity contribution in [3.8, 4) is 0 Å². The van der Waals surface area contributed by atoms with Crippen molar-refractivity contribution in [1.29, 1.82) is 0 Å². The van der Waals surface area contributed by atoms with Gasteiger partial charge < -0.3 is 4.57 Å². The molecule has 0 amide bonds. The molecule has 0 aliphatic carbocycles. The van der Waals surface area contributed by atoms with Crippen LogP contribution in [0, 0.1) is 0 Å². The lowest BCUT2D eigenvalue weighted by Crippen LogP contribution is -2.29. The van der Waals surface area contributed by atoms with Gasteiger partial charge in [0.05, 0.1) is 0 Å². The fourth-order valence-corrected chi connectivity index (χ4v) is 4.16. The topological polar surface area (TPSA) is 72.7 Å². The van der Waals surface area contributed by atoms with E-state index in [-0.39, 0.29) is 0 Å². The van der Waals surface area contributed by atoms with Crippen LogP contribution in [-0.2, 0) is 19.3 Å². The highest BCUT2D eigenvalue weighted by atomic mass is 32.2. The molecule has 0 spiro atoms. The van der Waals surface area contributed by atoms with E-state index >= 15 is 0 Å². The van der Waals surface area contributed by atoms with Crippen molar-refractivity contribution in [1.82, 2.24) is 19.1 Å². The Bertz CT molecular complexity index is 1330. The average molecular weight is 392 g/mol. The van der Waals surface area contributed by atoms with E-state index < -0.39 is 11.2 Å². The molecule has 0 saturated carbocycles. The van der Waals surface area contributed by atoms with Crippen LogP contribution in [0.15, 0.2) is 69.4 Å². The molecule has 0 atom stereocenters. The summed E-state index contributed by atoms with van der Waals surface area (Å²) in [6, 6.07) is 14.6. The zero-order chi connectivity index (χ0) is 19.8. The molecule has 0 saturated heterocycles. The number of fused-ring (bicyclic) bond motifs is 2. The number of H-pyrrole nitrogens is 1. The van der Waals surface area contributed by atoms with E-state index in [0.717, 1.165) is 5.57 Å². The smallest absolute Gasteiger partial charge is 0.309 e. The SMILES string of the molecule is C=C(C)Cn1c(SCc2ccc3ccccc3c2)nc2c1c(=O)[nH]c(=O)n2C. The first kappa shape index (κ1) is 18.3. The molecule has 2 heterocycles. The Labute approximate surface area is 165 Å². The third kappa shape index (κ3) is 3.29. The second-order valence-corrected chi connectivity index (χ2v) is 7.84. The molecule has 0 aliphatic heterocycles. The van der Waals surface area contributed by atoms with Crippen LogP contribution in [0.1, 0.15) is 12.5 Å². The van der Waals surface area contributed by atoms with Gasteiger partial charge in [0, 0.05) is 19.3 Å². The standard InChI is InChI=1S/C21H20N4O2S/c1-13(2)11-25-17-18(24(3)20(27)23-19(17)26)22-21(25)28-12-14-8-9-15-6-4-5-7-16(15)10-14/h4-10H,1,11-12H2,2-3H3,(H,23,26,27). The molecule has 0 bridgehead atoms. The average Bonchev–Trinajstić information content (AvgIpc) is 3.02. The minimum Gasteiger partial charge on any atom is -0.309 e. The van der Waals surface area contributed by atoms with E-state index in [1.807, 2.05) is 23.6 Å². The zero-order valence-electron chi connectivity index (χ0n) is 15.7. The molecule has 28 heavy (non-hydrogen) atoms. The van der Waals surface area contributed by atoms with Gasteiger partial charge in [0.1, 0.15) is 0 Å². The van der Waals surface area contributed by atoms with Gasteiger partial charge in [-0.25, -0.2) is 9.78 Å². The quantitative estimate of drug-likeness (QED) is 0.417. The van der Waals surface area contributed by atoms with Gasteiger partial charge >= 0.3 is 5.69 Å². The third-order valence-electron chi connectivity index (χ3n) is 4.58. The molecule has 0 fully saturated rings. The largest absolute Gasteiger partial charge is 0.329 e. The highest BCUT2D eigenvalue weighted by molar-refractivity contribution is 7.98. The summed E-state index contributed by atoms with van der Waals surface area (Å²) in [5.41, 5.74) is 1.95. The number of aromatic amines is 1. The van der Waals surface area contributed by atoms with Gasteiger partial charge in [-0.05, 0) is 23.3 Å². The first-order valence-electron chi connectivity index (χ1n) is 8.88. The predicted octanol–water partition coefficient (Wildman–Crippen LogP) is 3.44. The second-order valence-electron chi connectivity index (χ2n) is 6.90. The van der Waals surface area contributed by atoms with Crippen molar-refractivity contribution in [2.24, 2.45) is 7.05 Å². The molecule has 4 aromatic rings. The van der Waals surface area contributed by atoms with Crippen molar-refractivity contribution in [2.75, 3.05) is 0 Å². The number of hydrogen-bond acceptors (Lipinski definition) is 4. The zero-order valence-corrected chi connectivity index (χ0v) is 16.5. The molecule has 0 aliphatic rings. The molecule has 6 nitrogen and oxygen atoms in total. The maximum Gasteiger partial charge on any atom is 0.329 e. The lowest BCUT2D eigenvalue weighted by atomic mass is 10.1. The summed E-state index contributed by atoms with van der Waals surface area (Å²) in [6.07, 6.45) is 0. The van der Waals surface area contributed by atoms with Gasteiger partial charge in [0.2, 0.25) is 0 Å². The summed E-state index contributed by atoms with van der Waals surface area (Å²) in [7, 11) is 1.61. The molecule has 7 heteroatoms. The highest BCUT2D eigenvalue weighted by Gasteiger charge is 2.17. The van der Waals surface area contributed by atoms with Crippen molar-refractivity contribution in [3.63, 3.8) is 0 Å². The van der Waals surface area contributed by atoms with E-state index in [1.54, 1.807) is 18.8 Å². The van der Waals surface area contributed by atoms with E-state index in [0.29, 0.717) is 28.6 Å². The normalized spacial score (nSPS) is 11.4. The summed E-state index contributed by atoms with van der Waals surface area (Å²) in [5, 5.41) is 3.08. The number of allylic oxidation sites excluding steroid dienone is 1. The van der Waals surface area contributed by atoms with Crippen LogP contribution >= 0.6 is 11.8 Å². The van der Waals surface area contributed by atoms with Crippen LogP contribution in [0.25, 0.3) is 21.9 Å². The van der Waals surface area contributed by atoms with Crippen LogP contribution in [-0.4, -0.2) is 19.1 Å². The Kier molecular flexibility index (Phi) is 4.68. The summed E-state index contributed by atoms with van der Waals surface area (Å²) < 4.78 is 3.20. The Hall–Kier alpha value is -3.06. The molecule has 4 rings (SSSR count). The van der Waals surface area contributed by atoms with E-state index in [2.05, 4.69) is 46.9 Å². The van der Waals surface area contributed by atoms with Crippen LogP contribution in [0.3, 0.4) is 0 Å². The fourth-order valence-electron chi connectivity index (χ4n) is 3.22. The molecular weight excluding hydrogens is 372 g/mol. The van der Waals surface area contributed by atoms with Gasteiger partial charge in [-0.1, -0.05) is 66.4 Å². The van der Waals surface area contributed by atoms with Crippen LogP contribution in [0.4, 0.5) is 0 Å². The second kappa shape index (κ2) is 7.16. The number of imidazole rings is 1. The van der Waals surface area contributed by atoms with Gasteiger partial charge in [-0.2, -0.15) is 0 Å². The molecule has 2 aromatic heterocycles. The highest BCUT2D eigenvalue weighted by Crippen LogP contribution is 2.27. The number of nitrogens with one attached hydrogen (secondary N) is 1. The molecule has 0 radical (unpaired) electrons. The lowest BCUT2D eigenvalue weighted by molar-refractivity contribution is 0.719. The third-order valence-corrected chi connectivity index (χ3v) is 5.63. The number of nitrogens with zero attached hydrogens (tertiary/aromatic N) is 3. The van der Waals surface area contributed by atoms with Crippen LogP contribution in [0.2, 0.25) is 0 Å². The fraction of sp³-hybridized carbons (Fsp3) is 0.190. The number of benzene rings is 2. The Morgan fingerprint density at radius 1 is 1.18 bits per heavy atom. The predicted molar refractivity (Wildman–Crippen MR) is 114 cm³/mol. The van der Waals surface area contributed by atoms with E-state index in [9.17, 15) is 9.59 Å². The number of hydrogen-bond donors (Lipinski definition) is 1. The van der Waals surface area contributed by atoms with E-state index in [4.69, 9.17) is 0 Å². The molecule has 1 N–H and O–H groups in total. The number of thioether (sulfide) groups is 1. The minimum absolute atomic E-state index is 0.385. The number of aromatic nitrogens is 4. The summed E-state index contributed by atoms with van der Waals surface area (Å²) in [5.74, 6) is 0.705. The van der Waals surface area contributed by atoms with Crippen LogP contribution in [0.5, 0.6) is 0 Å². The molecule has 0 unspecified atom stereocenters. The lowest BCUT2D eigenvalue weighted by Gasteiger charge is -2.08. The van der Waals surface area contributed by atoms with Crippen molar-refractivity contribution in [2.45, 2.75) is 24.4 Å². The summed E-state index contributed by atoms with van der Waals surface area (Å²) in [4.78, 5) is 31.3. The monoisotopic (exact) mass is 392 g/mol. The Morgan fingerprint density at radius 2 is 1.93 bits per heavy atom. The van der Waals surface area contributed by atoms with Gasteiger partial charge in [-0.15, -0.1) is 0 Å². The molecule has 2 aromatic carbocycles. The molecular formula is C21H20N4O2S. The summed E-state index contributed by atoms with van der Waals surface area (Å²) >= 11 is 1.54. The summed E-state index contributed by atoms with van der Waals surface area (Å²) in [6.45, 7) is 6.33. The minimum atomic E-state index is -0.469. The van der Waals surface area contributed by atoms with Gasteiger partial charge in [0.25, 0.3) is 5.56 Å². The van der Waals surface area contributed by atoms with E-state index in [1.165, 1.54) is 20.9 Å². The molecule has 142 valence electrons. The maximum atomic E-state index is 12.4. The van der Waals surface area contributed by atoms with Crippen LogP contribution < -0.4 is 11.2 Å². The van der Waals surface area contributed by atoms with Gasteiger partial charge in [0.15, 0.2) is 16.3 Å². The number of rotatable bonds is 5. The Morgan fingerprint density at radius 3 is 2.68 bits per heavy atom. The first-order valence-corrected chi connectivity index (χ1v) is 9.87. The Balaban J connectivity index is 1.75. The van der Waals surface area contributed by atoms with Crippen molar-refractivity contribution >= 4 is 33.7 Å². The first-order chi connectivity index (χ1) is 13.4. The van der Waals surface area contributed by atoms with Crippen molar-refractivity contribution in [3.05, 3.63) is 81.0 Å². The maximum absolute atomic E-state index is 12.4. The van der Waals surface area contributed by atoms with Gasteiger partial charge in [-0.3, -0.25) is 14.3 Å². The van der Waals surface area contributed by atoms with Crippen molar-refractivity contribution < 1.29 is 0 Å². The number of aryl methyl sites for hydroxylation is 1.